The Morgan fingerprint density at radius 2 is 1.69 bits per heavy atom. The molecule has 94 valence electrons. The quantitative estimate of drug-likeness (QED) is 0.503. The highest BCUT2D eigenvalue weighted by Crippen LogP contribution is 2.34. The van der Waals surface area contributed by atoms with Gasteiger partial charge < -0.3 is 4.74 Å². The molecule has 0 aromatic heterocycles. The highest BCUT2D eigenvalue weighted by molar-refractivity contribution is 5.89. The van der Waals surface area contributed by atoms with Gasteiger partial charge in [-0.1, -0.05) is 46.1 Å². The van der Waals surface area contributed by atoms with E-state index in [9.17, 15) is 4.79 Å². The van der Waals surface area contributed by atoms with Gasteiger partial charge in [-0.05, 0) is 25.2 Å². The first kappa shape index (κ1) is 15.2. The van der Waals surface area contributed by atoms with Gasteiger partial charge in [-0.25, -0.2) is 4.79 Å². The summed E-state index contributed by atoms with van der Waals surface area (Å²) in [7, 11) is 1.46. The van der Waals surface area contributed by atoms with Crippen molar-refractivity contribution in [2.45, 2.75) is 60.3 Å². The standard InChI is InChI=1S/C14H26O2/c1-7-11(4)12(13(15)16-6)10-14(5,8-2)9-3/h7-10H2,1-6H3/b12-11+. The fourth-order valence-corrected chi connectivity index (χ4v) is 1.66. The second-order valence-corrected chi connectivity index (χ2v) is 4.80. The Balaban J connectivity index is 5.03. The van der Waals surface area contributed by atoms with E-state index in [2.05, 4.69) is 27.7 Å². The molecule has 0 heterocycles. The summed E-state index contributed by atoms with van der Waals surface area (Å²) in [6.45, 7) is 10.7. The minimum Gasteiger partial charge on any atom is -0.466 e. The summed E-state index contributed by atoms with van der Waals surface area (Å²) in [5, 5.41) is 0. The largest absolute Gasteiger partial charge is 0.466 e. The zero-order valence-electron chi connectivity index (χ0n) is 11.6. The van der Waals surface area contributed by atoms with Crippen LogP contribution in [0.4, 0.5) is 0 Å². The lowest BCUT2D eigenvalue weighted by molar-refractivity contribution is -0.136. The lowest BCUT2D eigenvalue weighted by atomic mass is 9.77. The topological polar surface area (TPSA) is 26.3 Å². The monoisotopic (exact) mass is 226 g/mol. The van der Waals surface area contributed by atoms with Crippen LogP contribution in [0.3, 0.4) is 0 Å². The van der Waals surface area contributed by atoms with E-state index in [0.717, 1.165) is 36.8 Å². The summed E-state index contributed by atoms with van der Waals surface area (Å²) in [6, 6.07) is 0. The van der Waals surface area contributed by atoms with Crippen LogP contribution >= 0.6 is 0 Å². The average molecular weight is 226 g/mol. The maximum absolute atomic E-state index is 11.7. The van der Waals surface area contributed by atoms with Crippen LogP contribution in [-0.4, -0.2) is 13.1 Å². The molecule has 0 unspecified atom stereocenters. The molecule has 0 aliphatic carbocycles. The molecule has 0 fully saturated rings. The number of rotatable bonds is 6. The van der Waals surface area contributed by atoms with Crippen LogP contribution in [0.5, 0.6) is 0 Å². The first-order valence-electron chi connectivity index (χ1n) is 6.21. The Morgan fingerprint density at radius 1 is 1.19 bits per heavy atom. The van der Waals surface area contributed by atoms with Crippen molar-refractivity contribution < 1.29 is 9.53 Å². The van der Waals surface area contributed by atoms with Crippen LogP contribution in [0, 0.1) is 5.41 Å². The molecule has 0 atom stereocenters. The molecule has 0 spiro atoms. The van der Waals surface area contributed by atoms with E-state index in [4.69, 9.17) is 4.74 Å². The van der Waals surface area contributed by atoms with Crippen molar-refractivity contribution in [3.05, 3.63) is 11.1 Å². The van der Waals surface area contributed by atoms with Gasteiger partial charge in [0.1, 0.15) is 0 Å². The molecular formula is C14H26O2. The lowest BCUT2D eigenvalue weighted by Crippen LogP contribution is -2.19. The molecule has 0 aromatic carbocycles. The van der Waals surface area contributed by atoms with Gasteiger partial charge in [-0.2, -0.15) is 0 Å². The molecule has 0 aromatic rings. The summed E-state index contributed by atoms with van der Waals surface area (Å²) >= 11 is 0. The van der Waals surface area contributed by atoms with Gasteiger partial charge >= 0.3 is 5.97 Å². The van der Waals surface area contributed by atoms with Crippen molar-refractivity contribution >= 4 is 5.97 Å². The molecule has 0 bridgehead atoms. The second-order valence-electron chi connectivity index (χ2n) is 4.80. The van der Waals surface area contributed by atoms with E-state index in [1.807, 2.05) is 6.92 Å². The van der Waals surface area contributed by atoms with Gasteiger partial charge in [-0.15, -0.1) is 0 Å². The van der Waals surface area contributed by atoms with Crippen LogP contribution < -0.4 is 0 Å². The molecule has 0 amide bonds. The van der Waals surface area contributed by atoms with Crippen molar-refractivity contribution in [3.63, 3.8) is 0 Å². The lowest BCUT2D eigenvalue weighted by Gasteiger charge is -2.28. The van der Waals surface area contributed by atoms with E-state index in [1.54, 1.807) is 0 Å². The number of methoxy groups -OCH3 is 1. The minimum atomic E-state index is -0.160. The predicted molar refractivity (Wildman–Crippen MR) is 68.3 cm³/mol. The molecule has 2 heteroatoms. The fraction of sp³-hybridized carbons (Fsp3) is 0.786. The van der Waals surface area contributed by atoms with Crippen molar-refractivity contribution in [1.29, 1.82) is 0 Å². The minimum absolute atomic E-state index is 0.160. The molecule has 0 aliphatic rings. The van der Waals surface area contributed by atoms with Crippen LogP contribution in [0.1, 0.15) is 60.3 Å². The Morgan fingerprint density at radius 3 is 2.00 bits per heavy atom. The number of ether oxygens (including phenoxy) is 1. The van der Waals surface area contributed by atoms with Gasteiger partial charge in [0.2, 0.25) is 0 Å². The number of allylic oxidation sites excluding steroid dienone is 1. The maximum atomic E-state index is 11.7. The number of hydrogen-bond donors (Lipinski definition) is 0. The molecule has 0 saturated carbocycles. The molecule has 16 heavy (non-hydrogen) atoms. The third-order valence-corrected chi connectivity index (χ3v) is 3.79. The first-order chi connectivity index (χ1) is 7.44. The van der Waals surface area contributed by atoms with Gasteiger partial charge in [0, 0.05) is 5.57 Å². The zero-order valence-corrected chi connectivity index (χ0v) is 11.6. The molecule has 0 rings (SSSR count). The Bertz CT molecular complexity index is 260. The molecule has 0 N–H and O–H groups in total. The molecule has 2 nitrogen and oxygen atoms in total. The molecular weight excluding hydrogens is 200 g/mol. The molecule has 0 saturated heterocycles. The van der Waals surface area contributed by atoms with E-state index in [1.165, 1.54) is 7.11 Å². The maximum Gasteiger partial charge on any atom is 0.333 e. The van der Waals surface area contributed by atoms with Crippen LogP contribution in [0.15, 0.2) is 11.1 Å². The first-order valence-corrected chi connectivity index (χ1v) is 6.21. The number of carbonyl (C=O) groups is 1. The molecule has 0 radical (unpaired) electrons. The predicted octanol–water partition coefficient (Wildman–Crippen LogP) is 4.10. The van der Waals surface area contributed by atoms with Gasteiger partial charge in [0.15, 0.2) is 0 Å². The van der Waals surface area contributed by atoms with Crippen molar-refractivity contribution in [3.8, 4) is 0 Å². The Hall–Kier alpha value is -0.790. The zero-order chi connectivity index (χ0) is 12.8. The summed E-state index contributed by atoms with van der Waals surface area (Å²) in [6.07, 6.45) is 3.91. The summed E-state index contributed by atoms with van der Waals surface area (Å²) < 4.78 is 4.87. The third-order valence-electron chi connectivity index (χ3n) is 3.79. The summed E-state index contributed by atoms with van der Waals surface area (Å²) in [5.74, 6) is -0.160. The number of esters is 1. The highest BCUT2D eigenvalue weighted by atomic mass is 16.5. The van der Waals surface area contributed by atoms with Gasteiger partial charge in [-0.3, -0.25) is 0 Å². The van der Waals surface area contributed by atoms with Crippen LogP contribution in [0.2, 0.25) is 0 Å². The smallest absolute Gasteiger partial charge is 0.333 e. The highest BCUT2D eigenvalue weighted by Gasteiger charge is 2.25. The fourth-order valence-electron chi connectivity index (χ4n) is 1.66. The average Bonchev–Trinajstić information content (AvgIpc) is 2.33. The van der Waals surface area contributed by atoms with Crippen LogP contribution in [0.25, 0.3) is 0 Å². The van der Waals surface area contributed by atoms with Crippen molar-refractivity contribution in [1.82, 2.24) is 0 Å². The Labute approximate surface area is 100 Å². The van der Waals surface area contributed by atoms with Gasteiger partial charge in [0.25, 0.3) is 0 Å². The summed E-state index contributed by atoms with van der Waals surface area (Å²) in [5.41, 5.74) is 2.23. The van der Waals surface area contributed by atoms with E-state index in [-0.39, 0.29) is 11.4 Å². The van der Waals surface area contributed by atoms with E-state index >= 15 is 0 Å². The Kier molecular flexibility index (Phi) is 6.39. The number of carbonyl (C=O) groups excluding carboxylic acids is 1. The van der Waals surface area contributed by atoms with E-state index < -0.39 is 0 Å². The van der Waals surface area contributed by atoms with Crippen molar-refractivity contribution in [2.24, 2.45) is 5.41 Å². The second kappa shape index (κ2) is 6.72. The molecule has 0 aliphatic heterocycles. The number of hydrogen-bond acceptors (Lipinski definition) is 2. The SMILES string of the molecule is CC/C(C)=C(\CC(C)(CC)CC)C(=O)OC. The third kappa shape index (κ3) is 3.99. The summed E-state index contributed by atoms with van der Waals surface area (Å²) in [4.78, 5) is 11.7. The van der Waals surface area contributed by atoms with Crippen molar-refractivity contribution in [2.75, 3.05) is 7.11 Å². The van der Waals surface area contributed by atoms with Crippen LogP contribution in [-0.2, 0) is 9.53 Å². The van der Waals surface area contributed by atoms with Gasteiger partial charge in [0.05, 0.1) is 7.11 Å². The normalized spacial score (nSPS) is 13.4. The van der Waals surface area contributed by atoms with E-state index in [0.29, 0.717) is 0 Å².